The number of thiazole rings is 1. The van der Waals surface area contributed by atoms with Gasteiger partial charge in [0.2, 0.25) is 0 Å². The Labute approximate surface area is 145 Å². The van der Waals surface area contributed by atoms with Gasteiger partial charge in [0.25, 0.3) is 0 Å². The van der Waals surface area contributed by atoms with E-state index in [1.54, 1.807) is 28.4 Å². The average Bonchev–Trinajstić information content (AvgIpc) is 3.11. The van der Waals surface area contributed by atoms with E-state index in [2.05, 4.69) is 50.1 Å². The highest BCUT2D eigenvalue weighted by Gasteiger charge is 2.02. The van der Waals surface area contributed by atoms with E-state index in [0.29, 0.717) is 10.9 Å². The largest absolute Gasteiger partial charge is 0.274 e. The van der Waals surface area contributed by atoms with Crippen molar-refractivity contribution in [3.63, 3.8) is 0 Å². The lowest BCUT2D eigenvalue weighted by Gasteiger charge is -1.95. The molecule has 2 heterocycles. The van der Waals surface area contributed by atoms with Crippen LogP contribution in [0.5, 0.6) is 0 Å². The van der Waals surface area contributed by atoms with Crippen molar-refractivity contribution < 1.29 is 0 Å². The second-order valence-electron chi connectivity index (χ2n) is 4.71. The number of hydrogen-bond donors (Lipinski definition) is 0. The van der Waals surface area contributed by atoms with Gasteiger partial charge < -0.3 is 0 Å². The molecule has 0 amide bonds. The van der Waals surface area contributed by atoms with Gasteiger partial charge in [0, 0.05) is 18.6 Å². The van der Waals surface area contributed by atoms with E-state index in [-0.39, 0.29) is 0 Å². The van der Waals surface area contributed by atoms with E-state index in [4.69, 9.17) is 11.6 Å². The summed E-state index contributed by atoms with van der Waals surface area (Å²) in [5.74, 6) is 0.580. The number of halogens is 1. The van der Waals surface area contributed by atoms with Crippen molar-refractivity contribution in [3.05, 3.63) is 33.5 Å². The predicted molar refractivity (Wildman–Crippen MR) is 101 cm³/mol. The van der Waals surface area contributed by atoms with Crippen molar-refractivity contribution >= 4 is 22.9 Å². The molecule has 0 spiro atoms. The summed E-state index contributed by atoms with van der Waals surface area (Å²) in [7, 11) is 1.83. The van der Waals surface area contributed by atoms with Crippen LogP contribution in [0.15, 0.2) is 17.8 Å². The Morgan fingerprint density at radius 2 is 1.77 bits per heavy atom. The summed E-state index contributed by atoms with van der Waals surface area (Å²) in [5, 5.41) is 7.89. The van der Waals surface area contributed by atoms with E-state index in [1.807, 2.05) is 20.9 Å². The van der Waals surface area contributed by atoms with Crippen LogP contribution in [-0.4, -0.2) is 14.8 Å². The maximum absolute atomic E-state index is 5.48. The predicted octanol–water partition coefficient (Wildman–Crippen LogP) is 6.34. The summed E-state index contributed by atoms with van der Waals surface area (Å²) in [6.45, 7) is 14.7. The molecule has 0 radical (unpaired) electrons. The first kappa shape index (κ1) is 23.4. The summed E-state index contributed by atoms with van der Waals surface area (Å²) >= 11 is 7.24. The Kier molecular flexibility index (Phi) is 16.0. The average molecular weight is 346 g/mol. The van der Waals surface area contributed by atoms with E-state index in [9.17, 15) is 0 Å². The van der Waals surface area contributed by atoms with Gasteiger partial charge in [-0.1, -0.05) is 66.5 Å². The van der Waals surface area contributed by atoms with Crippen LogP contribution in [0.4, 0.5) is 0 Å². The zero-order valence-corrected chi connectivity index (χ0v) is 16.9. The van der Waals surface area contributed by atoms with Crippen LogP contribution in [0.25, 0.3) is 0 Å². The first-order valence-electron chi connectivity index (χ1n) is 8.02. The standard InChI is InChI=1S/C8H13NS.C4H5ClN2.C3H8.C2H6/c1-4-8-9-7(5-10-8)6(2)3;1-7-3-4(5)2-6-7;1-3-2;1-2/h5-6H,4H2,1-3H3;2-3H,1H3;3H2,1-2H3;1-2H3. The molecule has 0 fully saturated rings. The molecular weight excluding hydrogens is 314 g/mol. The van der Waals surface area contributed by atoms with Gasteiger partial charge in [0.1, 0.15) is 0 Å². The van der Waals surface area contributed by atoms with Gasteiger partial charge in [-0.2, -0.15) is 5.10 Å². The van der Waals surface area contributed by atoms with Crippen LogP contribution < -0.4 is 0 Å². The van der Waals surface area contributed by atoms with Crippen molar-refractivity contribution in [1.29, 1.82) is 0 Å². The highest BCUT2D eigenvalue weighted by atomic mass is 35.5. The topological polar surface area (TPSA) is 30.7 Å². The first-order chi connectivity index (χ1) is 10.4. The summed E-state index contributed by atoms with van der Waals surface area (Å²) in [6, 6.07) is 0. The van der Waals surface area contributed by atoms with Gasteiger partial charge in [0.05, 0.1) is 21.9 Å². The minimum Gasteiger partial charge on any atom is -0.274 e. The van der Waals surface area contributed by atoms with E-state index < -0.39 is 0 Å². The van der Waals surface area contributed by atoms with Crippen molar-refractivity contribution in [1.82, 2.24) is 14.8 Å². The number of rotatable bonds is 2. The number of hydrogen-bond acceptors (Lipinski definition) is 3. The van der Waals surface area contributed by atoms with Crippen molar-refractivity contribution in [2.24, 2.45) is 7.05 Å². The minimum atomic E-state index is 0.580. The van der Waals surface area contributed by atoms with Crippen LogP contribution in [0.2, 0.25) is 5.02 Å². The zero-order valence-electron chi connectivity index (χ0n) is 15.4. The van der Waals surface area contributed by atoms with E-state index in [0.717, 1.165) is 6.42 Å². The number of nitrogens with zero attached hydrogens (tertiary/aromatic N) is 3. The molecule has 0 saturated heterocycles. The second-order valence-corrected chi connectivity index (χ2v) is 6.09. The molecule has 2 aromatic heterocycles. The molecule has 0 N–H and O–H groups in total. The third-order valence-corrected chi connectivity index (χ3v) is 3.34. The van der Waals surface area contributed by atoms with Gasteiger partial charge in [-0.15, -0.1) is 11.3 Å². The van der Waals surface area contributed by atoms with Crippen LogP contribution in [0.3, 0.4) is 0 Å². The highest BCUT2D eigenvalue weighted by molar-refractivity contribution is 7.09. The molecule has 0 unspecified atom stereocenters. The van der Waals surface area contributed by atoms with Crippen molar-refractivity contribution in [3.8, 4) is 0 Å². The van der Waals surface area contributed by atoms with Gasteiger partial charge >= 0.3 is 0 Å². The van der Waals surface area contributed by atoms with E-state index >= 15 is 0 Å². The fourth-order valence-corrected chi connectivity index (χ4v) is 2.24. The highest BCUT2D eigenvalue weighted by Crippen LogP contribution is 2.17. The molecule has 0 atom stereocenters. The van der Waals surface area contributed by atoms with Crippen LogP contribution in [0, 0.1) is 0 Å². The summed E-state index contributed by atoms with van der Waals surface area (Å²) in [5.41, 5.74) is 1.24. The molecule has 0 aliphatic rings. The molecule has 0 aliphatic heterocycles. The normalized spacial score (nSPS) is 9.00. The molecule has 0 aliphatic carbocycles. The van der Waals surface area contributed by atoms with Gasteiger partial charge in [0.15, 0.2) is 0 Å². The van der Waals surface area contributed by atoms with Crippen molar-refractivity contribution in [2.75, 3.05) is 0 Å². The van der Waals surface area contributed by atoms with Gasteiger partial charge in [-0.05, 0) is 12.3 Å². The summed E-state index contributed by atoms with van der Waals surface area (Å²) in [4.78, 5) is 4.45. The molecule has 128 valence electrons. The minimum absolute atomic E-state index is 0.580. The number of aromatic nitrogens is 3. The summed E-state index contributed by atoms with van der Waals surface area (Å²) < 4.78 is 1.66. The maximum atomic E-state index is 5.48. The SMILES string of the molecule is CC.CCC.CCc1nc(C(C)C)cs1.Cn1cc(Cl)cn1. The quantitative estimate of drug-likeness (QED) is 0.635. The lowest BCUT2D eigenvalue weighted by Crippen LogP contribution is -1.87. The number of aryl methyl sites for hydroxylation is 2. The Balaban J connectivity index is 0. The molecular formula is C17H32ClN3S. The van der Waals surface area contributed by atoms with Crippen LogP contribution in [-0.2, 0) is 13.5 Å². The smallest absolute Gasteiger partial charge is 0.0925 e. The molecule has 0 saturated carbocycles. The van der Waals surface area contributed by atoms with Crippen LogP contribution >= 0.6 is 22.9 Å². The second kappa shape index (κ2) is 15.0. The van der Waals surface area contributed by atoms with E-state index in [1.165, 1.54) is 17.1 Å². The Hall–Kier alpha value is -0.870. The molecule has 0 aromatic carbocycles. The Morgan fingerprint density at radius 3 is 1.95 bits per heavy atom. The maximum Gasteiger partial charge on any atom is 0.0925 e. The lowest BCUT2D eigenvalue weighted by molar-refractivity contribution is 0.768. The molecule has 2 aromatic rings. The molecule has 3 nitrogen and oxygen atoms in total. The first-order valence-corrected chi connectivity index (χ1v) is 9.28. The van der Waals surface area contributed by atoms with Crippen molar-refractivity contribution in [2.45, 2.75) is 67.2 Å². The lowest BCUT2D eigenvalue weighted by atomic mass is 10.2. The third-order valence-electron chi connectivity index (χ3n) is 2.14. The fraction of sp³-hybridized carbons (Fsp3) is 0.647. The fourth-order valence-electron chi connectivity index (χ4n) is 1.14. The van der Waals surface area contributed by atoms with Crippen LogP contribution in [0.1, 0.15) is 71.5 Å². The molecule has 0 bridgehead atoms. The van der Waals surface area contributed by atoms with Gasteiger partial charge in [-0.25, -0.2) is 4.98 Å². The van der Waals surface area contributed by atoms with Gasteiger partial charge in [-0.3, -0.25) is 4.68 Å². The Morgan fingerprint density at radius 1 is 1.23 bits per heavy atom. The monoisotopic (exact) mass is 345 g/mol. The third kappa shape index (κ3) is 11.8. The molecule has 2 rings (SSSR count). The molecule has 22 heavy (non-hydrogen) atoms. The summed E-state index contributed by atoms with van der Waals surface area (Å²) in [6.07, 6.45) is 5.65. The zero-order chi connectivity index (χ0) is 17.5. The Bertz CT molecular complexity index is 447. The molecule has 5 heteroatoms.